The number of halogens is 1. The van der Waals surface area contributed by atoms with Crippen molar-refractivity contribution in [2.45, 2.75) is 13.8 Å². The van der Waals surface area contributed by atoms with E-state index in [0.29, 0.717) is 11.4 Å². The van der Waals surface area contributed by atoms with Crippen molar-refractivity contribution in [3.05, 3.63) is 62.8 Å². The van der Waals surface area contributed by atoms with Crippen LogP contribution in [0.1, 0.15) is 27.2 Å². The van der Waals surface area contributed by atoms with Crippen molar-refractivity contribution < 1.29 is 14.3 Å². The molecule has 1 heterocycles. The normalized spacial score (nSPS) is 10.2. The smallest absolute Gasteiger partial charge is 0.341 e. The number of hydrogen-bond acceptors (Lipinski definition) is 3. The summed E-state index contributed by atoms with van der Waals surface area (Å²) >= 11 is 0. The summed E-state index contributed by atoms with van der Waals surface area (Å²) in [5.74, 6) is -1.87. The van der Waals surface area contributed by atoms with E-state index in [4.69, 9.17) is 0 Å². The highest BCUT2D eigenvalue weighted by Crippen LogP contribution is 2.18. The Hall–Kier alpha value is -2.94. The molecule has 0 spiro atoms. The Morgan fingerprint density at radius 2 is 1.86 bits per heavy atom. The molecule has 2 rings (SSSR count). The van der Waals surface area contributed by atoms with E-state index in [1.807, 2.05) is 6.07 Å². The van der Waals surface area contributed by atoms with Crippen molar-refractivity contribution in [1.29, 1.82) is 5.26 Å². The summed E-state index contributed by atoms with van der Waals surface area (Å²) < 4.78 is 14.1. The monoisotopic (exact) mass is 286 g/mol. The van der Waals surface area contributed by atoms with Gasteiger partial charge in [0.15, 0.2) is 0 Å². The van der Waals surface area contributed by atoms with Crippen LogP contribution in [0.4, 0.5) is 4.39 Å². The number of aromatic carboxylic acids is 1. The maximum Gasteiger partial charge on any atom is 0.341 e. The number of pyridine rings is 1. The fourth-order valence-electron chi connectivity index (χ4n) is 2.25. The molecule has 0 amide bonds. The first-order valence-corrected chi connectivity index (χ1v) is 6.04. The highest BCUT2D eigenvalue weighted by atomic mass is 19.1. The molecule has 106 valence electrons. The first-order chi connectivity index (χ1) is 9.88. The lowest BCUT2D eigenvalue weighted by molar-refractivity contribution is 0.0693. The zero-order valence-corrected chi connectivity index (χ0v) is 11.3. The van der Waals surface area contributed by atoms with Crippen molar-refractivity contribution >= 4 is 5.97 Å². The van der Waals surface area contributed by atoms with Crippen molar-refractivity contribution in [3.63, 3.8) is 0 Å². The predicted molar refractivity (Wildman–Crippen MR) is 73.1 cm³/mol. The number of carboxylic acids is 1. The van der Waals surface area contributed by atoms with Crippen molar-refractivity contribution in [2.75, 3.05) is 0 Å². The summed E-state index contributed by atoms with van der Waals surface area (Å²) in [4.78, 5) is 23.7. The Kier molecular flexibility index (Phi) is 3.59. The molecule has 5 nitrogen and oxygen atoms in total. The minimum Gasteiger partial charge on any atom is -0.477 e. The van der Waals surface area contributed by atoms with Crippen LogP contribution >= 0.6 is 0 Å². The number of rotatable bonds is 2. The highest BCUT2D eigenvalue weighted by Gasteiger charge is 2.22. The Bertz CT molecular complexity index is 830. The lowest BCUT2D eigenvalue weighted by Gasteiger charge is -2.15. The molecule has 6 heteroatoms. The van der Waals surface area contributed by atoms with Gasteiger partial charge in [0.1, 0.15) is 17.4 Å². The molecule has 2 aromatic rings. The van der Waals surface area contributed by atoms with Gasteiger partial charge in [-0.05, 0) is 43.7 Å². The molecule has 21 heavy (non-hydrogen) atoms. The summed E-state index contributed by atoms with van der Waals surface area (Å²) in [5.41, 5.74) is -0.332. The molecule has 1 aromatic carbocycles. The molecule has 1 N–H and O–H groups in total. The van der Waals surface area contributed by atoms with E-state index in [2.05, 4.69) is 0 Å². The van der Waals surface area contributed by atoms with Crippen molar-refractivity contribution in [1.82, 2.24) is 4.57 Å². The Morgan fingerprint density at radius 1 is 1.29 bits per heavy atom. The molecule has 0 bridgehead atoms. The van der Waals surface area contributed by atoms with E-state index in [0.717, 1.165) is 16.7 Å². The van der Waals surface area contributed by atoms with Crippen LogP contribution in [0.25, 0.3) is 5.69 Å². The van der Waals surface area contributed by atoms with E-state index >= 15 is 0 Å². The van der Waals surface area contributed by atoms with Crippen molar-refractivity contribution in [2.24, 2.45) is 0 Å². The lowest BCUT2D eigenvalue weighted by Crippen LogP contribution is -2.29. The Balaban J connectivity index is 2.93. The standard InChI is InChI=1S/C15H11FN2O3/c1-8-12(7-17)9(2)18(14(19)13(8)15(20)21)11-5-3-10(16)4-6-11/h3-6H,1-2H3,(H,20,21). The second kappa shape index (κ2) is 5.21. The summed E-state index contributed by atoms with van der Waals surface area (Å²) in [6.07, 6.45) is 0. The molecule has 0 aliphatic heterocycles. The summed E-state index contributed by atoms with van der Waals surface area (Å²) in [6.45, 7) is 2.97. The first kappa shape index (κ1) is 14.5. The summed E-state index contributed by atoms with van der Waals surface area (Å²) in [7, 11) is 0. The van der Waals surface area contributed by atoms with Gasteiger partial charge < -0.3 is 5.11 Å². The molecule has 0 aliphatic carbocycles. The molecule has 0 fully saturated rings. The fourth-order valence-corrected chi connectivity index (χ4v) is 2.25. The third-order valence-electron chi connectivity index (χ3n) is 3.27. The first-order valence-electron chi connectivity index (χ1n) is 6.04. The van der Waals surface area contributed by atoms with Gasteiger partial charge in [0.2, 0.25) is 0 Å². The third-order valence-corrected chi connectivity index (χ3v) is 3.27. The van der Waals surface area contributed by atoms with Crippen LogP contribution in [0.5, 0.6) is 0 Å². The van der Waals surface area contributed by atoms with Crippen LogP contribution in [0.3, 0.4) is 0 Å². The van der Waals surface area contributed by atoms with Gasteiger partial charge in [-0.15, -0.1) is 0 Å². The highest BCUT2D eigenvalue weighted by molar-refractivity contribution is 5.89. The Morgan fingerprint density at radius 3 is 2.33 bits per heavy atom. The molecule has 0 saturated carbocycles. The van der Waals surface area contributed by atoms with Gasteiger partial charge in [-0.1, -0.05) is 0 Å². The van der Waals surface area contributed by atoms with E-state index < -0.39 is 22.9 Å². The molecule has 0 aliphatic rings. The molecule has 0 saturated heterocycles. The Labute approximate surface area is 119 Å². The van der Waals surface area contributed by atoms with Gasteiger partial charge in [0.05, 0.1) is 5.56 Å². The van der Waals surface area contributed by atoms with Crippen LogP contribution in [0.15, 0.2) is 29.1 Å². The maximum atomic E-state index is 13.0. The quantitative estimate of drug-likeness (QED) is 0.917. The zero-order chi connectivity index (χ0) is 15.7. The largest absolute Gasteiger partial charge is 0.477 e. The molecule has 1 aromatic heterocycles. The predicted octanol–water partition coefficient (Wildman–Crippen LogP) is 2.16. The average molecular weight is 286 g/mol. The van der Waals surface area contributed by atoms with E-state index in [1.165, 1.54) is 19.1 Å². The maximum absolute atomic E-state index is 13.0. The minimum absolute atomic E-state index is 0.122. The number of nitrogens with zero attached hydrogens (tertiary/aromatic N) is 2. The topological polar surface area (TPSA) is 83.1 Å². The van der Waals surface area contributed by atoms with Crippen LogP contribution < -0.4 is 5.56 Å². The van der Waals surface area contributed by atoms with Gasteiger partial charge in [-0.2, -0.15) is 5.26 Å². The second-order valence-electron chi connectivity index (χ2n) is 4.49. The summed E-state index contributed by atoms with van der Waals surface area (Å²) in [5, 5.41) is 18.4. The van der Waals surface area contributed by atoms with Gasteiger partial charge in [-0.25, -0.2) is 9.18 Å². The van der Waals surface area contributed by atoms with Gasteiger partial charge in [0, 0.05) is 11.4 Å². The van der Waals surface area contributed by atoms with Crippen LogP contribution in [0.2, 0.25) is 0 Å². The molecular formula is C15H11FN2O3. The molecule has 0 radical (unpaired) electrons. The van der Waals surface area contributed by atoms with Crippen LogP contribution in [-0.4, -0.2) is 15.6 Å². The third kappa shape index (κ3) is 2.30. The van der Waals surface area contributed by atoms with Gasteiger partial charge in [0.25, 0.3) is 5.56 Å². The number of aromatic nitrogens is 1. The molecular weight excluding hydrogens is 275 g/mol. The van der Waals surface area contributed by atoms with E-state index in [-0.39, 0.29) is 11.1 Å². The second-order valence-corrected chi connectivity index (χ2v) is 4.49. The van der Waals surface area contributed by atoms with Crippen LogP contribution in [-0.2, 0) is 0 Å². The van der Waals surface area contributed by atoms with Crippen molar-refractivity contribution in [3.8, 4) is 11.8 Å². The average Bonchev–Trinajstić information content (AvgIpc) is 2.41. The number of benzene rings is 1. The van der Waals surface area contributed by atoms with E-state index in [1.54, 1.807) is 6.92 Å². The zero-order valence-electron chi connectivity index (χ0n) is 11.3. The lowest BCUT2D eigenvalue weighted by atomic mass is 10.0. The minimum atomic E-state index is -1.40. The van der Waals surface area contributed by atoms with Crippen LogP contribution in [0, 0.1) is 31.0 Å². The van der Waals surface area contributed by atoms with Gasteiger partial charge >= 0.3 is 5.97 Å². The van der Waals surface area contributed by atoms with Gasteiger partial charge in [-0.3, -0.25) is 9.36 Å². The van der Waals surface area contributed by atoms with E-state index in [9.17, 15) is 24.3 Å². The number of carboxylic acid groups (broad SMARTS) is 1. The molecule has 0 unspecified atom stereocenters. The SMILES string of the molecule is Cc1c(C#N)c(C)n(-c2ccc(F)cc2)c(=O)c1C(=O)O. The number of hydrogen-bond donors (Lipinski definition) is 1. The number of carbonyl (C=O) groups is 1. The number of nitriles is 1. The fraction of sp³-hybridized carbons (Fsp3) is 0.133. The summed E-state index contributed by atoms with van der Waals surface area (Å²) in [6, 6.07) is 6.94. The molecule has 0 atom stereocenters.